The highest BCUT2D eigenvalue weighted by atomic mass is 32.1. The Morgan fingerprint density at radius 3 is 2.36 bits per heavy atom. The number of nitrogens with zero attached hydrogens (tertiary/aromatic N) is 2. The number of thiazole rings is 1. The van der Waals surface area contributed by atoms with Crippen LogP contribution in [0.4, 0.5) is 10.8 Å². The lowest BCUT2D eigenvalue weighted by Gasteiger charge is -2.28. The van der Waals surface area contributed by atoms with Crippen molar-refractivity contribution in [3.05, 3.63) is 65.0 Å². The second-order valence-corrected chi connectivity index (χ2v) is 8.74. The first-order valence-electron chi connectivity index (χ1n) is 10.1. The Morgan fingerprint density at radius 2 is 1.64 bits per heavy atom. The van der Waals surface area contributed by atoms with E-state index in [4.69, 9.17) is 4.98 Å². The first-order valence-corrected chi connectivity index (χ1v) is 10.9. The number of aryl methyl sites for hydroxylation is 2. The van der Waals surface area contributed by atoms with Crippen LogP contribution in [0.3, 0.4) is 0 Å². The van der Waals surface area contributed by atoms with E-state index in [0.29, 0.717) is 0 Å². The third-order valence-electron chi connectivity index (χ3n) is 5.55. The lowest BCUT2D eigenvalue weighted by atomic mass is 9.88. The lowest BCUT2D eigenvalue weighted by molar-refractivity contribution is -0.122. The molecule has 0 saturated heterocycles. The van der Waals surface area contributed by atoms with Crippen LogP contribution in [0.2, 0.25) is 0 Å². The summed E-state index contributed by atoms with van der Waals surface area (Å²) in [7, 11) is 0. The molecule has 144 valence electrons. The van der Waals surface area contributed by atoms with E-state index in [1.807, 2.05) is 41.3 Å². The molecule has 0 radical (unpaired) electrons. The van der Waals surface area contributed by atoms with Crippen molar-refractivity contribution < 1.29 is 4.79 Å². The zero-order chi connectivity index (χ0) is 19.5. The van der Waals surface area contributed by atoms with Crippen molar-refractivity contribution in [1.82, 2.24) is 4.98 Å². The number of hydrogen-bond acceptors (Lipinski definition) is 3. The number of carbonyl (C=O) groups excluding carboxylic acids is 1. The second kappa shape index (κ2) is 8.27. The van der Waals surface area contributed by atoms with Gasteiger partial charge in [-0.1, -0.05) is 67.8 Å². The fourth-order valence-corrected chi connectivity index (χ4v) is 4.95. The molecule has 1 aliphatic carbocycles. The minimum atomic E-state index is 0.0951. The quantitative estimate of drug-likeness (QED) is 0.498. The summed E-state index contributed by atoms with van der Waals surface area (Å²) in [6, 6.07) is 18.3. The number of anilines is 2. The van der Waals surface area contributed by atoms with Crippen molar-refractivity contribution in [2.24, 2.45) is 5.92 Å². The number of carbonyl (C=O) groups is 1. The molecular weight excluding hydrogens is 364 g/mol. The van der Waals surface area contributed by atoms with E-state index >= 15 is 0 Å². The van der Waals surface area contributed by atoms with Crippen LogP contribution in [0.15, 0.2) is 54.6 Å². The van der Waals surface area contributed by atoms with Gasteiger partial charge in [0.25, 0.3) is 0 Å². The van der Waals surface area contributed by atoms with Gasteiger partial charge in [0.05, 0.1) is 11.4 Å². The fourth-order valence-electron chi connectivity index (χ4n) is 4.00. The number of aromatic nitrogens is 1. The van der Waals surface area contributed by atoms with Crippen LogP contribution in [0, 0.1) is 19.8 Å². The van der Waals surface area contributed by atoms with Crippen molar-refractivity contribution in [2.45, 2.75) is 46.0 Å². The van der Waals surface area contributed by atoms with Gasteiger partial charge < -0.3 is 0 Å². The maximum atomic E-state index is 13.6. The van der Waals surface area contributed by atoms with Crippen molar-refractivity contribution in [3.8, 4) is 11.3 Å². The summed E-state index contributed by atoms with van der Waals surface area (Å²) < 4.78 is 0. The Balaban J connectivity index is 1.78. The summed E-state index contributed by atoms with van der Waals surface area (Å²) in [5, 5.41) is 0.779. The number of hydrogen-bond donors (Lipinski definition) is 0. The minimum Gasteiger partial charge on any atom is -0.274 e. The van der Waals surface area contributed by atoms with Crippen LogP contribution in [-0.2, 0) is 4.79 Å². The van der Waals surface area contributed by atoms with Gasteiger partial charge in [0.2, 0.25) is 5.91 Å². The van der Waals surface area contributed by atoms with E-state index in [0.717, 1.165) is 58.2 Å². The normalized spacial score (nSPS) is 14.8. The van der Waals surface area contributed by atoms with Crippen molar-refractivity contribution in [3.63, 3.8) is 0 Å². The monoisotopic (exact) mass is 390 g/mol. The fraction of sp³-hybridized carbons (Fsp3) is 0.333. The molecule has 1 aliphatic rings. The lowest BCUT2D eigenvalue weighted by Crippen LogP contribution is -2.34. The molecule has 0 atom stereocenters. The molecule has 4 rings (SSSR count). The van der Waals surface area contributed by atoms with E-state index in [1.165, 1.54) is 6.42 Å². The predicted octanol–water partition coefficient (Wildman–Crippen LogP) is 6.67. The maximum Gasteiger partial charge on any atom is 0.236 e. The molecule has 1 fully saturated rings. The van der Waals surface area contributed by atoms with Gasteiger partial charge in [-0.05, 0) is 38.3 Å². The second-order valence-electron chi connectivity index (χ2n) is 7.56. The molecule has 1 heterocycles. The van der Waals surface area contributed by atoms with Gasteiger partial charge in [-0.3, -0.25) is 9.69 Å². The van der Waals surface area contributed by atoms with Gasteiger partial charge in [0, 0.05) is 16.4 Å². The van der Waals surface area contributed by atoms with Gasteiger partial charge in [-0.2, -0.15) is 0 Å². The van der Waals surface area contributed by atoms with Crippen LogP contribution in [0.25, 0.3) is 11.3 Å². The molecule has 0 aliphatic heterocycles. The first-order chi connectivity index (χ1) is 13.6. The Bertz CT molecular complexity index is 958. The van der Waals surface area contributed by atoms with E-state index < -0.39 is 0 Å². The number of para-hydroxylation sites is 1. The molecule has 1 amide bonds. The summed E-state index contributed by atoms with van der Waals surface area (Å²) in [6.07, 6.45) is 5.49. The number of rotatable bonds is 4. The highest BCUT2D eigenvalue weighted by Gasteiger charge is 2.31. The Kier molecular flexibility index (Phi) is 5.58. The van der Waals surface area contributed by atoms with Crippen LogP contribution >= 0.6 is 11.3 Å². The third-order valence-corrected chi connectivity index (χ3v) is 6.51. The predicted molar refractivity (Wildman–Crippen MR) is 117 cm³/mol. The summed E-state index contributed by atoms with van der Waals surface area (Å²) >= 11 is 1.61. The maximum absolute atomic E-state index is 13.6. The van der Waals surface area contributed by atoms with Crippen molar-refractivity contribution in [1.29, 1.82) is 0 Å². The third kappa shape index (κ3) is 3.74. The average molecular weight is 391 g/mol. The molecule has 2 aromatic carbocycles. The molecule has 3 aromatic rings. The molecule has 1 saturated carbocycles. The average Bonchev–Trinajstić information content (AvgIpc) is 3.12. The van der Waals surface area contributed by atoms with Crippen molar-refractivity contribution >= 4 is 28.1 Å². The Hall–Kier alpha value is -2.46. The van der Waals surface area contributed by atoms with Gasteiger partial charge in [0.1, 0.15) is 0 Å². The van der Waals surface area contributed by atoms with Crippen LogP contribution in [-0.4, -0.2) is 10.9 Å². The van der Waals surface area contributed by atoms with E-state index in [-0.39, 0.29) is 11.8 Å². The van der Waals surface area contributed by atoms with E-state index in [1.54, 1.807) is 11.3 Å². The van der Waals surface area contributed by atoms with Gasteiger partial charge in [-0.15, -0.1) is 11.3 Å². The van der Waals surface area contributed by atoms with Crippen LogP contribution in [0.5, 0.6) is 0 Å². The Morgan fingerprint density at radius 1 is 0.964 bits per heavy atom. The molecule has 1 aromatic heterocycles. The molecule has 4 heteroatoms. The summed E-state index contributed by atoms with van der Waals surface area (Å²) in [5.41, 5.74) is 4.11. The molecule has 0 bridgehead atoms. The zero-order valence-corrected chi connectivity index (χ0v) is 17.3. The summed E-state index contributed by atoms with van der Waals surface area (Å²) in [6.45, 7) is 4.15. The standard InChI is InChI=1S/C24H26N2OS/c1-17-11-9-10-16-21(17)26(23(27)20-14-7-4-8-15-20)24-25-22(18(2)28-24)19-12-5-3-6-13-19/h3,5-6,9-13,16,20H,4,7-8,14-15H2,1-2H3. The van der Waals surface area contributed by atoms with Gasteiger partial charge in [0.15, 0.2) is 5.13 Å². The molecule has 0 spiro atoms. The minimum absolute atomic E-state index is 0.0951. The highest BCUT2D eigenvalue weighted by molar-refractivity contribution is 7.16. The smallest absolute Gasteiger partial charge is 0.236 e. The van der Waals surface area contributed by atoms with Crippen molar-refractivity contribution in [2.75, 3.05) is 4.90 Å². The van der Waals surface area contributed by atoms with Gasteiger partial charge in [-0.25, -0.2) is 4.98 Å². The molecule has 3 nitrogen and oxygen atoms in total. The number of benzene rings is 2. The molecule has 0 N–H and O–H groups in total. The Labute approximate surface area is 171 Å². The van der Waals surface area contributed by atoms with Gasteiger partial charge >= 0.3 is 0 Å². The molecule has 0 unspecified atom stereocenters. The van der Waals surface area contributed by atoms with Crippen LogP contribution in [0.1, 0.15) is 42.5 Å². The largest absolute Gasteiger partial charge is 0.274 e. The zero-order valence-electron chi connectivity index (χ0n) is 16.5. The summed E-state index contributed by atoms with van der Waals surface area (Å²) in [5.74, 6) is 0.292. The summed E-state index contributed by atoms with van der Waals surface area (Å²) in [4.78, 5) is 21.6. The first kappa shape index (κ1) is 18.9. The highest BCUT2D eigenvalue weighted by Crippen LogP contribution is 2.39. The van der Waals surface area contributed by atoms with E-state index in [2.05, 4.69) is 32.0 Å². The molecular formula is C24H26N2OS. The topological polar surface area (TPSA) is 33.2 Å². The SMILES string of the molecule is Cc1ccccc1N(C(=O)C1CCCCC1)c1nc(-c2ccccc2)c(C)s1. The molecule has 28 heavy (non-hydrogen) atoms. The van der Waals surface area contributed by atoms with Crippen LogP contribution < -0.4 is 4.90 Å². The number of amides is 1. The van der Waals surface area contributed by atoms with E-state index in [9.17, 15) is 4.79 Å².